The lowest BCUT2D eigenvalue weighted by Crippen LogP contribution is -2.36. The maximum absolute atomic E-state index is 13.9. The van der Waals surface area contributed by atoms with Gasteiger partial charge in [-0.25, -0.2) is 9.36 Å². The molecule has 3 heterocycles. The topological polar surface area (TPSA) is 131 Å². The number of carbonyl (C=O) groups is 3. The lowest BCUT2D eigenvalue weighted by molar-refractivity contribution is -0.695. The van der Waals surface area contributed by atoms with Gasteiger partial charge in [0.25, 0.3) is 5.91 Å². The van der Waals surface area contributed by atoms with Crippen LogP contribution in [0.1, 0.15) is 45.3 Å². The third kappa shape index (κ3) is 4.37. The van der Waals surface area contributed by atoms with Gasteiger partial charge in [0.1, 0.15) is 23.8 Å². The number of ether oxygens (including phenoxy) is 2. The first-order chi connectivity index (χ1) is 17.3. The lowest BCUT2D eigenvalue weighted by atomic mass is 9.94. The first kappa shape index (κ1) is 24.8. The van der Waals surface area contributed by atoms with Crippen molar-refractivity contribution in [2.45, 2.75) is 32.9 Å². The maximum atomic E-state index is 13.9. The van der Waals surface area contributed by atoms with E-state index < -0.39 is 29.5 Å². The van der Waals surface area contributed by atoms with Crippen molar-refractivity contribution in [2.75, 3.05) is 20.8 Å². The first-order valence-electron chi connectivity index (χ1n) is 11.5. The summed E-state index contributed by atoms with van der Waals surface area (Å²) in [6.07, 6.45) is 6.03. The van der Waals surface area contributed by atoms with E-state index in [0.29, 0.717) is 35.5 Å². The number of esters is 1. The molecule has 36 heavy (non-hydrogen) atoms. The zero-order valence-electron chi connectivity index (χ0n) is 20.6. The lowest BCUT2D eigenvalue weighted by Gasteiger charge is -2.28. The fourth-order valence-corrected chi connectivity index (χ4v) is 4.67. The van der Waals surface area contributed by atoms with Crippen LogP contribution in [0.3, 0.4) is 0 Å². The van der Waals surface area contributed by atoms with Gasteiger partial charge in [0.2, 0.25) is 12.1 Å². The standard InChI is InChI=1S/C26H28N4O6/c1-15-19(16(2)28-21(15)26(34)36-4)23(31)20-22(17-7-5-8-18(13-17)35-3)30(25(33)24(20)32)11-6-10-29-12-9-27-14-29/h5,7-9,12-14,22H,6,10-11H2,1-4H3,(H2,28,31,32,34). The number of imidazole rings is 1. The smallest absolute Gasteiger partial charge is 0.354 e. The van der Waals surface area contributed by atoms with E-state index in [-0.39, 0.29) is 23.4 Å². The second-order valence-electron chi connectivity index (χ2n) is 8.57. The van der Waals surface area contributed by atoms with Crippen LogP contribution in [0.2, 0.25) is 0 Å². The number of Topliss-reactive ketones (excluding diaryl/α,β-unsaturated/α-hetero) is 1. The molecule has 10 heteroatoms. The van der Waals surface area contributed by atoms with E-state index >= 15 is 0 Å². The van der Waals surface area contributed by atoms with Crippen LogP contribution in [0.25, 0.3) is 5.76 Å². The minimum absolute atomic E-state index is 0.133. The van der Waals surface area contributed by atoms with E-state index in [0.717, 1.165) is 0 Å². The zero-order valence-corrected chi connectivity index (χ0v) is 20.6. The quantitative estimate of drug-likeness (QED) is 0.160. The average Bonchev–Trinajstić information content (AvgIpc) is 3.57. The van der Waals surface area contributed by atoms with Crippen molar-refractivity contribution in [3.63, 3.8) is 0 Å². The van der Waals surface area contributed by atoms with Gasteiger partial charge in [-0.1, -0.05) is 17.9 Å². The second kappa shape index (κ2) is 10.1. The largest absolute Gasteiger partial charge is 0.872 e. The minimum atomic E-state index is -0.890. The van der Waals surface area contributed by atoms with Gasteiger partial charge in [-0.2, -0.15) is 0 Å². The number of nitrogens with zero attached hydrogens (tertiary/aromatic N) is 2. The van der Waals surface area contributed by atoms with E-state index in [1.54, 1.807) is 50.6 Å². The molecule has 188 valence electrons. The second-order valence-corrected chi connectivity index (χ2v) is 8.57. The summed E-state index contributed by atoms with van der Waals surface area (Å²) < 4.78 is 12.1. The molecule has 2 aromatic heterocycles. The number of benzene rings is 1. The van der Waals surface area contributed by atoms with E-state index in [2.05, 4.69) is 9.97 Å². The number of rotatable bonds is 8. The summed E-state index contributed by atoms with van der Waals surface area (Å²) in [6, 6.07) is 6.09. The molecule has 0 aliphatic carbocycles. The Labute approximate surface area is 208 Å². The number of aryl methyl sites for hydroxylation is 2. The first-order valence-corrected chi connectivity index (χ1v) is 11.5. The van der Waals surface area contributed by atoms with Crippen molar-refractivity contribution < 1.29 is 33.5 Å². The number of nitrogens with one attached hydrogen (secondary N) is 2. The molecule has 1 aromatic carbocycles. The van der Waals surface area contributed by atoms with Crippen molar-refractivity contribution in [2.24, 2.45) is 0 Å². The molecule has 1 fully saturated rings. The van der Waals surface area contributed by atoms with E-state index in [1.807, 2.05) is 10.8 Å². The minimum Gasteiger partial charge on any atom is -0.872 e. The zero-order chi connectivity index (χ0) is 26.0. The summed E-state index contributed by atoms with van der Waals surface area (Å²) in [5, 5.41) is 13.9. The fourth-order valence-electron chi connectivity index (χ4n) is 4.67. The highest BCUT2D eigenvalue weighted by Gasteiger charge is 2.44. The van der Waals surface area contributed by atoms with Crippen LogP contribution in [0.15, 0.2) is 48.6 Å². The molecule has 1 unspecified atom stereocenters. The van der Waals surface area contributed by atoms with Crippen LogP contribution < -0.4 is 14.4 Å². The maximum Gasteiger partial charge on any atom is 0.354 e. The predicted molar refractivity (Wildman–Crippen MR) is 127 cm³/mol. The highest BCUT2D eigenvalue weighted by molar-refractivity contribution is 6.46. The Morgan fingerprint density at radius 1 is 1.22 bits per heavy atom. The summed E-state index contributed by atoms with van der Waals surface area (Å²) in [5.41, 5.74) is 1.54. The van der Waals surface area contributed by atoms with Gasteiger partial charge in [-0.05, 0) is 42.7 Å². The molecular weight excluding hydrogens is 464 g/mol. The van der Waals surface area contributed by atoms with E-state index in [9.17, 15) is 19.5 Å². The molecule has 2 N–H and O–H groups in total. The van der Waals surface area contributed by atoms with Crippen LogP contribution >= 0.6 is 0 Å². The molecule has 1 atom stereocenters. The summed E-state index contributed by atoms with van der Waals surface area (Å²) in [6.45, 7) is 4.13. The van der Waals surface area contributed by atoms with Crippen LogP contribution in [0.4, 0.5) is 0 Å². The summed E-state index contributed by atoms with van der Waals surface area (Å²) in [4.78, 5) is 45.9. The highest BCUT2D eigenvalue weighted by Crippen LogP contribution is 2.40. The Kier molecular flexibility index (Phi) is 6.96. The Balaban J connectivity index is 1.81. The predicted octanol–water partition coefficient (Wildman–Crippen LogP) is 1.36. The van der Waals surface area contributed by atoms with Crippen molar-refractivity contribution in [1.29, 1.82) is 0 Å². The molecule has 0 saturated carbocycles. The Morgan fingerprint density at radius 3 is 2.67 bits per heavy atom. The molecule has 3 aromatic rings. The summed E-state index contributed by atoms with van der Waals surface area (Å²) in [5.74, 6) is -2.26. The van der Waals surface area contributed by atoms with E-state index in [4.69, 9.17) is 9.47 Å². The van der Waals surface area contributed by atoms with Crippen LogP contribution in [-0.2, 0) is 20.9 Å². The number of aromatic nitrogens is 3. The summed E-state index contributed by atoms with van der Waals surface area (Å²) in [7, 11) is 2.77. The summed E-state index contributed by atoms with van der Waals surface area (Å²) >= 11 is 0. The molecule has 1 amide bonds. The van der Waals surface area contributed by atoms with Crippen molar-refractivity contribution in [1.82, 2.24) is 14.9 Å². The number of amides is 1. The van der Waals surface area contributed by atoms with Crippen molar-refractivity contribution in [3.05, 3.63) is 76.6 Å². The molecule has 0 bridgehead atoms. The molecule has 0 radical (unpaired) electrons. The monoisotopic (exact) mass is 492 g/mol. The van der Waals surface area contributed by atoms with Gasteiger partial charge < -0.3 is 24.5 Å². The number of methoxy groups -OCH3 is 2. The number of likely N-dealkylation sites (tertiary alicyclic amines) is 1. The van der Waals surface area contributed by atoms with Gasteiger partial charge in [-0.15, -0.1) is 0 Å². The molecular formula is C26H28N4O6. The molecule has 1 aliphatic heterocycles. The number of H-pyrrole nitrogens is 2. The van der Waals surface area contributed by atoms with Gasteiger partial charge in [-0.3, -0.25) is 14.6 Å². The number of aromatic amines is 2. The number of ketones is 1. The number of carbonyl (C=O) groups excluding carboxylic acids is 3. The van der Waals surface area contributed by atoms with Gasteiger partial charge >= 0.3 is 5.97 Å². The molecule has 10 nitrogen and oxygen atoms in total. The van der Waals surface area contributed by atoms with Gasteiger partial charge in [0, 0.05) is 24.2 Å². The van der Waals surface area contributed by atoms with Crippen molar-refractivity contribution >= 4 is 23.4 Å². The number of hydrogen-bond donors (Lipinski definition) is 2. The molecule has 1 saturated heterocycles. The highest BCUT2D eigenvalue weighted by atomic mass is 16.5. The third-order valence-electron chi connectivity index (χ3n) is 6.41. The fraction of sp³-hybridized carbons (Fsp3) is 0.308. The van der Waals surface area contributed by atoms with E-state index in [1.165, 1.54) is 19.1 Å². The molecule has 4 rings (SSSR count). The third-order valence-corrected chi connectivity index (χ3v) is 6.41. The van der Waals surface area contributed by atoms with Crippen LogP contribution in [-0.4, -0.2) is 53.3 Å². The van der Waals surface area contributed by atoms with Crippen molar-refractivity contribution in [3.8, 4) is 5.75 Å². The number of hydrogen-bond acceptors (Lipinski definition) is 6. The Morgan fingerprint density at radius 2 is 2.00 bits per heavy atom. The SMILES string of the molecule is COC(=O)c1[nH]c(C)c(C([O-])=C2C(=O)C(=O)N(CCC[n+]3cc[nH]c3)C2c2cccc(OC)c2)c1C. The van der Waals surface area contributed by atoms with Gasteiger partial charge in [0.15, 0.2) is 0 Å². The van der Waals surface area contributed by atoms with Crippen LogP contribution in [0, 0.1) is 13.8 Å². The Bertz CT molecular complexity index is 1340. The molecule has 1 aliphatic rings. The Hall–Kier alpha value is -4.34. The van der Waals surface area contributed by atoms with Gasteiger partial charge in [0.05, 0.1) is 26.8 Å². The normalized spacial score (nSPS) is 17.0. The molecule has 0 spiro atoms. The average molecular weight is 493 g/mol. The van der Waals surface area contributed by atoms with Crippen LogP contribution in [0.5, 0.6) is 5.75 Å².